The zero-order valence-electron chi connectivity index (χ0n) is 9.48. The molecular formula is C11H18N2O2S. The number of hydrogen-bond donors (Lipinski definition) is 2. The molecule has 5 heteroatoms. The highest BCUT2D eigenvalue weighted by atomic mass is 32.1. The van der Waals surface area contributed by atoms with Gasteiger partial charge >= 0.3 is 5.97 Å². The van der Waals surface area contributed by atoms with Crippen molar-refractivity contribution in [3.63, 3.8) is 0 Å². The van der Waals surface area contributed by atoms with Gasteiger partial charge in [0.2, 0.25) is 0 Å². The van der Waals surface area contributed by atoms with Crippen LogP contribution in [0.15, 0.2) is 11.7 Å². The molecule has 4 nitrogen and oxygen atoms in total. The van der Waals surface area contributed by atoms with Gasteiger partial charge in [0, 0.05) is 24.0 Å². The van der Waals surface area contributed by atoms with Gasteiger partial charge in [-0.25, -0.2) is 0 Å². The van der Waals surface area contributed by atoms with Crippen molar-refractivity contribution in [3.05, 3.63) is 16.6 Å². The quantitative estimate of drug-likeness (QED) is 0.685. The largest absolute Gasteiger partial charge is 0.481 e. The molecule has 0 saturated heterocycles. The number of rotatable bonds is 8. The van der Waals surface area contributed by atoms with Crippen LogP contribution in [0.1, 0.15) is 31.1 Å². The zero-order valence-corrected chi connectivity index (χ0v) is 10.3. The average Bonchev–Trinajstić information content (AvgIpc) is 2.74. The molecule has 2 N–H and O–H groups in total. The molecule has 0 saturated carbocycles. The lowest BCUT2D eigenvalue weighted by Gasteiger charge is -2.09. The first-order valence-corrected chi connectivity index (χ1v) is 6.36. The first kappa shape index (κ1) is 13.1. The van der Waals surface area contributed by atoms with Crippen molar-refractivity contribution < 1.29 is 9.90 Å². The van der Waals surface area contributed by atoms with Gasteiger partial charge in [0.25, 0.3) is 0 Å². The molecule has 0 amide bonds. The molecule has 1 rings (SSSR count). The highest BCUT2D eigenvalue weighted by molar-refractivity contribution is 7.09. The van der Waals surface area contributed by atoms with Gasteiger partial charge in [-0.3, -0.25) is 9.78 Å². The predicted octanol–water partition coefficient (Wildman–Crippen LogP) is 2.12. The number of thiazole rings is 1. The van der Waals surface area contributed by atoms with Crippen molar-refractivity contribution in [2.24, 2.45) is 5.92 Å². The molecule has 1 heterocycles. The van der Waals surface area contributed by atoms with Crippen LogP contribution in [0.5, 0.6) is 0 Å². The maximum Gasteiger partial charge on any atom is 0.303 e. The monoisotopic (exact) mass is 242 g/mol. The Kier molecular flexibility index (Phi) is 6.03. The Bertz CT molecular complexity index is 301. The number of nitrogens with zero attached hydrogens (tertiary/aromatic N) is 1. The van der Waals surface area contributed by atoms with E-state index in [1.54, 1.807) is 11.3 Å². The van der Waals surface area contributed by atoms with Gasteiger partial charge in [-0.05, 0) is 25.3 Å². The van der Waals surface area contributed by atoms with Gasteiger partial charge in [-0.15, -0.1) is 11.3 Å². The van der Waals surface area contributed by atoms with Crippen LogP contribution in [-0.4, -0.2) is 22.6 Å². The van der Waals surface area contributed by atoms with Crippen molar-refractivity contribution in [3.8, 4) is 0 Å². The minimum atomic E-state index is -0.704. The van der Waals surface area contributed by atoms with E-state index in [2.05, 4.69) is 17.2 Å². The third kappa shape index (κ3) is 5.82. The molecule has 1 unspecified atom stereocenters. The lowest BCUT2D eigenvalue weighted by molar-refractivity contribution is -0.137. The number of aromatic nitrogens is 1. The summed E-state index contributed by atoms with van der Waals surface area (Å²) in [6.45, 7) is 3.88. The second-order valence-corrected chi connectivity index (χ2v) is 4.94. The van der Waals surface area contributed by atoms with Crippen molar-refractivity contribution in [1.29, 1.82) is 0 Å². The molecule has 1 aromatic rings. The fraction of sp³-hybridized carbons (Fsp3) is 0.636. The number of nitrogens with one attached hydrogen (secondary N) is 1. The molecule has 0 aliphatic carbocycles. The van der Waals surface area contributed by atoms with Gasteiger partial charge in [0.05, 0.1) is 5.51 Å². The van der Waals surface area contributed by atoms with Gasteiger partial charge in [0.15, 0.2) is 0 Å². The van der Waals surface area contributed by atoms with Crippen molar-refractivity contribution >= 4 is 17.3 Å². The Morgan fingerprint density at radius 3 is 3.06 bits per heavy atom. The molecule has 90 valence electrons. The van der Waals surface area contributed by atoms with Crippen molar-refractivity contribution in [2.75, 3.05) is 6.54 Å². The number of carboxylic acid groups (broad SMARTS) is 1. The molecule has 0 spiro atoms. The maximum absolute atomic E-state index is 10.4. The molecule has 0 bridgehead atoms. The first-order valence-electron chi connectivity index (χ1n) is 5.48. The fourth-order valence-corrected chi connectivity index (χ4v) is 1.97. The van der Waals surface area contributed by atoms with Crippen LogP contribution < -0.4 is 5.32 Å². The Balaban J connectivity index is 2.00. The van der Waals surface area contributed by atoms with Gasteiger partial charge in [-0.1, -0.05) is 6.92 Å². The third-order valence-electron chi connectivity index (χ3n) is 2.45. The van der Waals surface area contributed by atoms with E-state index in [1.165, 1.54) is 4.88 Å². The summed E-state index contributed by atoms with van der Waals surface area (Å²) in [6, 6.07) is 0. The molecule has 0 radical (unpaired) electrons. The highest BCUT2D eigenvalue weighted by Crippen LogP contribution is 2.09. The summed E-state index contributed by atoms with van der Waals surface area (Å²) in [5.74, 6) is -0.241. The average molecular weight is 242 g/mol. The van der Waals surface area contributed by atoms with Crippen molar-refractivity contribution in [1.82, 2.24) is 10.3 Å². The van der Waals surface area contributed by atoms with E-state index in [-0.39, 0.29) is 6.42 Å². The fourth-order valence-electron chi connectivity index (χ4n) is 1.40. The second kappa shape index (κ2) is 7.35. The van der Waals surface area contributed by atoms with Crippen LogP contribution >= 0.6 is 11.3 Å². The smallest absolute Gasteiger partial charge is 0.303 e. The van der Waals surface area contributed by atoms with E-state index >= 15 is 0 Å². The molecule has 0 aromatic carbocycles. The normalized spacial score (nSPS) is 12.6. The molecule has 1 aromatic heterocycles. The van der Waals surface area contributed by atoms with E-state index in [9.17, 15) is 4.79 Å². The van der Waals surface area contributed by atoms with Crippen LogP contribution in [0.3, 0.4) is 0 Å². The van der Waals surface area contributed by atoms with Gasteiger partial charge in [-0.2, -0.15) is 0 Å². The van der Waals surface area contributed by atoms with E-state index < -0.39 is 5.97 Å². The Morgan fingerprint density at radius 2 is 2.44 bits per heavy atom. The maximum atomic E-state index is 10.4. The predicted molar refractivity (Wildman–Crippen MR) is 64.5 cm³/mol. The first-order chi connectivity index (χ1) is 7.68. The number of aliphatic carboxylic acids is 1. The Labute approximate surface area is 99.7 Å². The lowest BCUT2D eigenvalue weighted by Crippen LogP contribution is -2.16. The minimum Gasteiger partial charge on any atom is -0.481 e. The van der Waals surface area contributed by atoms with Gasteiger partial charge < -0.3 is 10.4 Å². The lowest BCUT2D eigenvalue weighted by atomic mass is 10.0. The molecule has 0 fully saturated rings. The third-order valence-corrected chi connectivity index (χ3v) is 3.23. The minimum absolute atomic E-state index is 0.274. The zero-order chi connectivity index (χ0) is 11.8. The number of hydrogen-bond acceptors (Lipinski definition) is 4. The van der Waals surface area contributed by atoms with Crippen LogP contribution in [0, 0.1) is 5.92 Å². The number of carboxylic acids is 1. The van der Waals surface area contributed by atoms with E-state index in [4.69, 9.17) is 5.11 Å². The topological polar surface area (TPSA) is 62.2 Å². The molecular weight excluding hydrogens is 224 g/mol. The van der Waals surface area contributed by atoms with Crippen LogP contribution in [0.4, 0.5) is 0 Å². The van der Waals surface area contributed by atoms with E-state index in [0.29, 0.717) is 5.92 Å². The summed E-state index contributed by atoms with van der Waals surface area (Å²) in [5, 5.41) is 11.9. The second-order valence-electron chi connectivity index (χ2n) is 3.97. The molecule has 16 heavy (non-hydrogen) atoms. The standard InChI is InChI=1S/C11H18N2O2S/c1-9(2-3-11(14)15)4-5-12-6-10-7-13-8-16-10/h7-9,12H,2-6H2,1H3,(H,14,15). The van der Waals surface area contributed by atoms with E-state index in [1.807, 2.05) is 11.7 Å². The molecule has 1 atom stereocenters. The summed E-state index contributed by atoms with van der Waals surface area (Å²) in [7, 11) is 0. The summed E-state index contributed by atoms with van der Waals surface area (Å²) in [5.41, 5.74) is 1.83. The van der Waals surface area contributed by atoms with Crippen molar-refractivity contribution in [2.45, 2.75) is 32.7 Å². The summed E-state index contributed by atoms with van der Waals surface area (Å²) < 4.78 is 0. The van der Waals surface area contributed by atoms with Crippen LogP contribution in [0.2, 0.25) is 0 Å². The summed E-state index contributed by atoms with van der Waals surface area (Å²) in [4.78, 5) is 15.6. The van der Waals surface area contributed by atoms with Crippen LogP contribution in [0.25, 0.3) is 0 Å². The summed E-state index contributed by atoms with van der Waals surface area (Å²) >= 11 is 1.64. The molecule has 0 aliphatic heterocycles. The summed E-state index contributed by atoms with van der Waals surface area (Å²) in [6.07, 6.45) is 3.92. The Morgan fingerprint density at radius 1 is 1.62 bits per heavy atom. The number of carbonyl (C=O) groups is 1. The Hall–Kier alpha value is -0.940. The van der Waals surface area contributed by atoms with Gasteiger partial charge in [0.1, 0.15) is 0 Å². The SMILES string of the molecule is CC(CCNCc1cncs1)CCC(=O)O. The highest BCUT2D eigenvalue weighted by Gasteiger charge is 2.05. The van der Waals surface area contributed by atoms with E-state index in [0.717, 1.165) is 25.9 Å². The molecule has 0 aliphatic rings. The van der Waals surface area contributed by atoms with Crippen LogP contribution in [-0.2, 0) is 11.3 Å².